The van der Waals surface area contributed by atoms with Crippen LogP contribution in [0.15, 0.2) is 48.8 Å². The largest absolute Gasteiger partial charge is 2.00 e. The maximum atomic E-state index is 10.0. The molecule has 0 aliphatic rings. The van der Waals surface area contributed by atoms with Crippen LogP contribution in [0.25, 0.3) is 0 Å². The molecule has 6 nitrogen and oxygen atoms in total. The van der Waals surface area contributed by atoms with Gasteiger partial charge in [0.15, 0.2) is 0 Å². The summed E-state index contributed by atoms with van der Waals surface area (Å²) >= 11 is 0. The molecule has 2 rings (SSSR count). The predicted octanol–water partition coefficient (Wildman–Crippen LogP) is -1.11. The molecule has 0 unspecified atom stereocenters. The SMILES string of the molecule is O=C([O-])c1ccccn1.O=C([O-])c1ccccn1.[Ni+2]. The standard InChI is InChI=1S/2C6H5NO2.Ni/c2*8-6(9)5-3-1-2-4-7-5;/h2*1-4H,(H,8,9);/q;;+2/p-2. The van der Waals surface area contributed by atoms with Gasteiger partial charge in [-0.1, -0.05) is 12.1 Å². The van der Waals surface area contributed by atoms with E-state index in [1.54, 1.807) is 24.3 Å². The molecule has 0 aromatic carbocycles. The summed E-state index contributed by atoms with van der Waals surface area (Å²) in [5.41, 5.74) is -0.0602. The van der Waals surface area contributed by atoms with Gasteiger partial charge in [-0.2, -0.15) is 0 Å². The van der Waals surface area contributed by atoms with Crippen LogP contribution >= 0.6 is 0 Å². The van der Waals surface area contributed by atoms with E-state index in [1.807, 2.05) is 0 Å². The van der Waals surface area contributed by atoms with Crippen LogP contribution in [0.4, 0.5) is 0 Å². The maximum absolute atomic E-state index is 10.0. The second-order valence-electron chi connectivity index (χ2n) is 3.00. The summed E-state index contributed by atoms with van der Waals surface area (Å²) in [5, 5.41) is 20.1. The van der Waals surface area contributed by atoms with E-state index in [0.29, 0.717) is 0 Å². The molecular formula is C12H8N2NiO4. The monoisotopic (exact) mass is 302 g/mol. The molecular weight excluding hydrogens is 295 g/mol. The number of carboxylic acids is 2. The van der Waals surface area contributed by atoms with Crippen LogP contribution in [-0.2, 0) is 16.5 Å². The predicted molar refractivity (Wildman–Crippen MR) is 57.1 cm³/mol. The Morgan fingerprint density at radius 2 is 1.16 bits per heavy atom. The Morgan fingerprint density at radius 1 is 0.789 bits per heavy atom. The molecule has 0 aliphatic heterocycles. The molecule has 0 radical (unpaired) electrons. The average molecular weight is 303 g/mol. The van der Waals surface area contributed by atoms with E-state index in [0.717, 1.165) is 0 Å². The number of hydrogen-bond acceptors (Lipinski definition) is 6. The summed E-state index contributed by atoms with van der Waals surface area (Å²) in [4.78, 5) is 27.1. The smallest absolute Gasteiger partial charge is 0.543 e. The van der Waals surface area contributed by atoms with E-state index < -0.39 is 11.9 Å². The van der Waals surface area contributed by atoms with Gasteiger partial charge in [-0.25, -0.2) is 0 Å². The Hall–Kier alpha value is -2.27. The van der Waals surface area contributed by atoms with Crippen LogP contribution in [-0.4, -0.2) is 21.9 Å². The number of aromatic carboxylic acids is 2. The van der Waals surface area contributed by atoms with Crippen LogP contribution in [0.5, 0.6) is 0 Å². The molecule has 0 N–H and O–H groups in total. The van der Waals surface area contributed by atoms with Gasteiger partial charge in [0.05, 0.1) is 23.3 Å². The van der Waals surface area contributed by atoms with Crippen molar-refractivity contribution in [2.24, 2.45) is 0 Å². The van der Waals surface area contributed by atoms with Gasteiger partial charge < -0.3 is 19.8 Å². The molecule has 0 aliphatic carbocycles. The van der Waals surface area contributed by atoms with E-state index >= 15 is 0 Å². The van der Waals surface area contributed by atoms with Crippen LogP contribution in [0.2, 0.25) is 0 Å². The van der Waals surface area contributed by atoms with Crippen molar-refractivity contribution in [3.8, 4) is 0 Å². The van der Waals surface area contributed by atoms with E-state index in [4.69, 9.17) is 0 Å². The fourth-order valence-corrected chi connectivity index (χ4v) is 0.967. The molecule has 19 heavy (non-hydrogen) atoms. The van der Waals surface area contributed by atoms with Gasteiger partial charge in [0, 0.05) is 12.4 Å². The summed E-state index contributed by atoms with van der Waals surface area (Å²) in [5.74, 6) is -2.48. The second kappa shape index (κ2) is 8.77. The molecule has 2 aromatic heterocycles. The summed E-state index contributed by atoms with van der Waals surface area (Å²) < 4.78 is 0. The zero-order valence-electron chi connectivity index (χ0n) is 9.46. The fraction of sp³-hybridized carbons (Fsp3) is 0. The van der Waals surface area contributed by atoms with E-state index in [-0.39, 0.29) is 27.9 Å². The van der Waals surface area contributed by atoms with Crippen molar-refractivity contribution in [2.75, 3.05) is 0 Å². The second-order valence-corrected chi connectivity index (χ2v) is 3.00. The Labute approximate surface area is 119 Å². The number of rotatable bonds is 2. The summed E-state index contributed by atoms with van der Waals surface area (Å²) in [6.45, 7) is 0. The molecule has 0 bridgehead atoms. The number of carboxylic acid groups (broad SMARTS) is 2. The van der Waals surface area contributed by atoms with Crippen molar-refractivity contribution < 1.29 is 36.3 Å². The Balaban J connectivity index is 0.000000324. The first-order chi connectivity index (χ1) is 8.61. The van der Waals surface area contributed by atoms with Crippen molar-refractivity contribution in [1.82, 2.24) is 9.97 Å². The van der Waals surface area contributed by atoms with Gasteiger partial charge in [0.25, 0.3) is 0 Å². The average Bonchev–Trinajstić information content (AvgIpc) is 2.41. The zero-order chi connectivity index (χ0) is 13.4. The van der Waals surface area contributed by atoms with Crippen molar-refractivity contribution >= 4 is 11.9 Å². The van der Waals surface area contributed by atoms with Gasteiger partial charge in [0.1, 0.15) is 0 Å². The Bertz CT molecular complexity index is 470. The fourth-order valence-electron chi connectivity index (χ4n) is 0.967. The normalized spacial score (nSPS) is 8.42. The van der Waals surface area contributed by atoms with E-state index in [9.17, 15) is 19.8 Å². The minimum Gasteiger partial charge on any atom is -0.543 e. The van der Waals surface area contributed by atoms with E-state index in [1.165, 1.54) is 24.5 Å². The van der Waals surface area contributed by atoms with Gasteiger partial charge in [-0.05, 0) is 24.3 Å². The third-order valence-corrected chi connectivity index (χ3v) is 1.75. The van der Waals surface area contributed by atoms with Crippen molar-refractivity contribution in [3.05, 3.63) is 60.2 Å². The first-order valence-electron chi connectivity index (χ1n) is 4.86. The number of nitrogens with zero attached hydrogens (tertiary/aromatic N) is 2. The van der Waals surface area contributed by atoms with E-state index in [2.05, 4.69) is 9.97 Å². The topological polar surface area (TPSA) is 106 Å². The minimum absolute atomic E-state index is 0. The molecule has 0 spiro atoms. The third kappa shape index (κ3) is 6.28. The van der Waals surface area contributed by atoms with Crippen molar-refractivity contribution in [1.29, 1.82) is 0 Å². The van der Waals surface area contributed by atoms with Crippen LogP contribution in [0.3, 0.4) is 0 Å². The number of hydrogen-bond donors (Lipinski definition) is 0. The first-order valence-corrected chi connectivity index (χ1v) is 4.86. The number of pyridine rings is 2. The molecule has 0 saturated heterocycles. The molecule has 7 heteroatoms. The molecule has 0 fully saturated rings. The molecule has 100 valence electrons. The molecule has 0 saturated carbocycles. The molecule has 2 heterocycles. The Kier molecular flexibility index (Phi) is 7.72. The zero-order valence-corrected chi connectivity index (χ0v) is 10.5. The number of aromatic nitrogens is 2. The van der Waals surface area contributed by atoms with Gasteiger partial charge in [0.2, 0.25) is 0 Å². The Morgan fingerprint density at radius 3 is 1.32 bits per heavy atom. The summed E-state index contributed by atoms with van der Waals surface area (Å²) in [7, 11) is 0. The minimum atomic E-state index is -1.24. The van der Waals surface area contributed by atoms with Gasteiger partial charge in [-0.3, -0.25) is 9.97 Å². The van der Waals surface area contributed by atoms with Gasteiger partial charge >= 0.3 is 16.5 Å². The van der Waals surface area contributed by atoms with Crippen molar-refractivity contribution in [3.63, 3.8) is 0 Å². The number of carbonyl (C=O) groups is 2. The summed E-state index contributed by atoms with van der Waals surface area (Å²) in [6, 6.07) is 9.25. The third-order valence-electron chi connectivity index (χ3n) is 1.75. The van der Waals surface area contributed by atoms with Crippen molar-refractivity contribution in [2.45, 2.75) is 0 Å². The van der Waals surface area contributed by atoms with Gasteiger partial charge in [-0.15, -0.1) is 0 Å². The molecule has 0 amide bonds. The quantitative estimate of drug-likeness (QED) is 0.651. The van der Waals surface area contributed by atoms with Crippen LogP contribution in [0.1, 0.15) is 21.0 Å². The summed E-state index contributed by atoms with van der Waals surface area (Å²) in [6.07, 6.45) is 2.82. The molecule has 2 aromatic rings. The first kappa shape index (κ1) is 16.7. The molecule has 0 atom stereocenters. The van der Waals surface area contributed by atoms with Crippen LogP contribution < -0.4 is 10.2 Å². The number of carbonyl (C=O) groups excluding carboxylic acids is 2. The van der Waals surface area contributed by atoms with Crippen LogP contribution in [0, 0.1) is 0 Å². The maximum Gasteiger partial charge on any atom is 2.00 e.